The summed E-state index contributed by atoms with van der Waals surface area (Å²) in [6.45, 7) is 15.1. The number of benzene rings is 2. The fourth-order valence-electron chi connectivity index (χ4n) is 6.29. The molecular weight excluding hydrogens is 566 g/mol. The lowest BCUT2D eigenvalue weighted by Crippen LogP contribution is -2.42. The van der Waals surface area contributed by atoms with Crippen molar-refractivity contribution in [3.63, 3.8) is 0 Å². The third-order valence-corrected chi connectivity index (χ3v) is 8.92. The van der Waals surface area contributed by atoms with Gasteiger partial charge in [0, 0.05) is 43.6 Å². The van der Waals surface area contributed by atoms with Gasteiger partial charge >= 0.3 is 5.76 Å². The Kier molecular flexibility index (Phi) is 10.7. The van der Waals surface area contributed by atoms with Gasteiger partial charge in [-0.3, -0.25) is 14.3 Å². The number of fused-ring (bicyclic) bond motifs is 2. The number of carbonyl (C=O) groups excluding carboxylic acids is 1. The molecule has 4 rings (SSSR count). The molecule has 0 radical (unpaired) electrons. The molecular formula is C35H45N7O3. The summed E-state index contributed by atoms with van der Waals surface area (Å²) >= 11 is 0. The van der Waals surface area contributed by atoms with Crippen molar-refractivity contribution >= 4 is 11.6 Å². The van der Waals surface area contributed by atoms with E-state index in [1.54, 1.807) is 7.05 Å². The summed E-state index contributed by atoms with van der Waals surface area (Å²) in [4.78, 5) is 28.0. The average Bonchev–Trinajstić information content (AvgIpc) is 3.44. The monoisotopic (exact) mass is 611 g/mol. The van der Waals surface area contributed by atoms with E-state index < -0.39 is 11.2 Å². The highest BCUT2D eigenvalue weighted by atomic mass is 16.5. The number of rotatable bonds is 14. The van der Waals surface area contributed by atoms with Gasteiger partial charge in [-0.2, -0.15) is 5.26 Å². The number of hydrogen-bond donors (Lipinski definition) is 5. The Morgan fingerprint density at radius 1 is 1.09 bits per heavy atom. The average molecular weight is 612 g/mol. The molecule has 10 nitrogen and oxygen atoms in total. The van der Waals surface area contributed by atoms with E-state index in [1.807, 2.05) is 31.3 Å². The summed E-state index contributed by atoms with van der Waals surface area (Å²) in [5.41, 5.74) is 6.16. The lowest BCUT2D eigenvalue weighted by atomic mass is 9.67. The molecule has 0 saturated heterocycles. The van der Waals surface area contributed by atoms with Crippen LogP contribution in [0.25, 0.3) is 5.70 Å². The molecule has 3 aromatic rings. The molecule has 2 aromatic carbocycles. The molecule has 1 aliphatic rings. The Balaban J connectivity index is 1.78. The van der Waals surface area contributed by atoms with E-state index in [2.05, 4.69) is 83.5 Å². The number of carbonyl (C=O) groups is 1. The molecule has 1 heterocycles. The SMILES string of the molecule is C=C(CN[C@@H](C)CC1(c2noc(=O)[nH]2)c2ccc(C(=C)NC)cc2CCc2cc(C(=O)NC)ccc21)NC(C#N)C[C@@H](C)CC. The third-order valence-electron chi connectivity index (χ3n) is 8.92. The second kappa shape index (κ2) is 14.4. The largest absolute Gasteiger partial charge is 0.438 e. The molecule has 0 aliphatic heterocycles. The Hall–Kier alpha value is -4.62. The van der Waals surface area contributed by atoms with Crippen LogP contribution < -0.4 is 27.0 Å². The summed E-state index contributed by atoms with van der Waals surface area (Å²) < 4.78 is 5.12. The van der Waals surface area contributed by atoms with E-state index in [9.17, 15) is 14.9 Å². The van der Waals surface area contributed by atoms with Gasteiger partial charge in [0.1, 0.15) is 6.04 Å². The zero-order valence-electron chi connectivity index (χ0n) is 27.0. The fraction of sp³-hybridized carbons (Fsp3) is 0.429. The Morgan fingerprint density at radius 2 is 1.73 bits per heavy atom. The summed E-state index contributed by atoms with van der Waals surface area (Å²) in [6.07, 6.45) is 3.65. The van der Waals surface area contributed by atoms with Crippen molar-refractivity contribution in [1.82, 2.24) is 31.4 Å². The maximum Gasteiger partial charge on any atom is 0.438 e. The van der Waals surface area contributed by atoms with Crippen LogP contribution in [-0.4, -0.2) is 48.8 Å². The number of H-pyrrole nitrogens is 1. The van der Waals surface area contributed by atoms with E-state index in [0.717, 1.165) is 52.1 Å². The van der Waals surface area contributed by atoms with Gasteiger partial charge in [-0.05, 0) is 84.5 Å². The lowest BCUT2D eigenvalue weighted by molar-refractivity contribution is 0.0963. The molecule has 45 heavy (non-hydrogen) atoms. The number of aryl methyl sites for hydroxylation is 2. The van der Waals surface area contributed by atoms with E-state index in [4.69, 9.17) is 4.52 Å². The highest BCUT2D eigenvalue weighted by molar-refractivity contribution is 5.94. The molecule has 0 spiro atoms. The van der Waals surface area contributed by atoms with Gasteiger partial charge < -0.3 is 21.3 Å². The first kappa shape index (κ1) is 33.3. The van der Waals surface area contributed by atoms with E-state index in [1.165, 1.54) is 0 Å². The standard InChI is InChI=1S/C35H45N7O3/c1-8-21(2)15-29(19-36)40-23(4)20-39-22(3)18-35(33-41-34(44)45-42-33)30-13-11-25(24(5)37-6)16-26(30)9-10-27-17-28(32(43)38-7)12-14-31(27)35/h11-14,16-17,21-22,29,37,39-40H,4-5,8-10,15,18,20H2,1-3,6-7H3,(H,38,43)(H,41,42,44)/t21-,22-,29?,35?/m0/s1. The minimum Gasteiger partial charge on any atom is -0.388 e. The summed E-state index contributed by atoms with van der Waals surface area (Å²) in [7, 11) is 3.46. The lowest BCUT2D eigenvalue weighted by Gasteiger charge is -2.37. The van der Waals surface area contributed by atoms with Crippen LogP contribution in [0.5, 0.6) is 0 Å². The second-order valence-electron chi connectivity index (χ2n) is 12.1. The summed E-state index contributed by atoms with van der Waals surface area (Å²) in [6, 6.07) is 13.9. The van der Waals surface area contributed by atoms with E-state index >= 15 is 0 Å². The van der Waals surface area contributed by atoms with Crippen molar-refractivity contribution in [1.29, 1.82) is 5.26 Å². The minimum atomic E-state index is -0.916. The molecule has 0 bridgehead atoms. The highest BCUT2D eigenvalue weighted by Gasteiger charge is 2.45. The summed E-state index contributed by atoms with van der Waals surface area (Å²) in [5.74, 6) is 0.0171. The first-order chi connectivity index (χ1) is 21.6. The number of nitrogens with zero attached hydrogens (tertiary/aromatic N) is 2. The normalized spacial score (nSPS) is 17.4. The maximum absolute atomic E-state index is 12.6. The first-order valence-electron chi connectivity index (χ1n) is 15.6. The van der Waals surface area contributed by atoms with Gasteiger partial charge in [0.2, 0.25) is 0 Å². The third kappa shape index (κ3) is 7.21. The van der Waals surface area contributed by atoms with Gasteiger partial charge in [0.25, 0.3) is 5.91 Å². The number of aromatic amines is 1. The minimum absolute atomic E-state index is 0.108. The number of amides is 1. The van der Waals surface area contributed by atoms with E-state index in [-0.39, 0.29) is 18.0 Å². The Morgan fingerprint density at radius 3 is 2.29 bits per heavy atom. The zero-order chi connectivity index (χ0) is 32.7. The zero-order valence-corrected chi connectivity index (χ0v) is 27.0. The van der Waals surface area contributed by atoms with Crippen LogP contribution >= 0.6 is 0 Å². The van der Waals surface area contributed by atoms with Gasteiger partial charge in [-0.1, -0.05) is 56.8 Å². The molecule has 2 unspecified atom stereocenters. The molecule has 1 aliphatic carbocycles. The van der Waals surface area contributed by atoms with Crippen LogP contribution in [0.1, 0.15) is 84.0 Å². The van der Waals surface area contributed by atoms with Gasteiger partial charge in [-0.15, -0.1) is 0 Å². The predicted molar refractivity (Wildman–Crippen MR) is 177 cm³/mol. The topological polar surface area (TPSA) is 148 Å². The Bertz CT molecular complexity index is 1580. The molecule has 5 N–H and O–H groups in total. The molecule has 10 heteroatoms. The Labute approximate surface area is 265 Å². The molecule has 1 amide bonds. The van der Waals surface area contributed by atoms with Crippen LogP contribution in [0.3, 0.4) is 0 Å². The van der Waals surface area contributed by atoms with Crippen LogP contribution in [0.4, 0.5) is 0 Å². The molecule has 0 fully saturated rings. The first-order valence-corrected chi connectivity index (χ1v) is 15.6. The van der Waals surface area contributed by atoms with Gasteiger partial charge in [0.05, 0.1) is 11.5 Å². The fourth-order valence-corrected chi connectivity index (χ4v) is 6.29. The quantitative estimate of drug-likeness (QED) is 0.183. The smallest absolute Gasteiger partial charge is 0.388 e. The van der Waals surface area contributed by atoms with Crippen LogP contribution in [0, 0.1) is 17.2 Å². The van der Waals surface area contributed by atoms with Crippen LogP contribution in [0.15, 0.2) is 64.6 Å². The summed E-state index contributed by atoms with van der Waals surface area (Å²) in [5, 5.41) is 26.7. The number of hydrogen-bond acceptors (Lipinski definition) is 8. The molecule has 238 valence electrons. The highest BCUT2D eigenvalue weighted by Crippen LogP contribution is 2.47. The maximum atomic E-state index is 12.6. The van der Waals surface area contributed by atoms with Crippen molar-refractivity contribution in [2.45, 2.75) is 70.4 Å². The number of nitrogens with one attached hydrogen (secondary N) is 5. The van der Waals surface area contributed by atoms with Gasteiger partial charge in [-0.25, -0.2) is 4.79 Å². The number of aromatic nitrogens is 2. The van der Waals surface area contributed by atoms with Crippen molar-refractivity contribution in [3.8, 4) is 6.07 Å². The van der Waals surface area contributed by atoms with Crippen molar-refractivity contribution < 1.29 is 9.32 Å². The van der Waals surface area contributed by atoms with Crippen molar-refractivity contribution in [2.24, 2.45) is 5.92 Å². The molecule has 1 aromatic heterocycles. The van der Waals surface area contributed by atoms with Crippen LogP contribution in [-0.2, 0) is 18.3 Å². The second-order valence-corrected chi connectivity index (χ2v) is 12.1. The van der Waals surface area contributed by atoms with Crippen molar-refractivity contribution in [3.05, 3.63) is 105 Å². The van der Waals surface area contributed by atoms with E-state index in [0.29, 0.717) is 43.1 Å². The van der Waals surface area contributed by atoms with Gasteiger partial charge in [0.15, 0.2) is 5.82 Å². The molecule has 0 saturated carbocycles. The predicted octanol–water partition coefficient (Wildman–Crippen LogP) is 4.15. The molecule has 4 atom stereocenters. The number of nitriles is 1. The van der Waals surface area contributed by atoms with Crippen LogP contribution in [0.2, 0.25) is 0 Å². The van der Waals surface area contributed by atoms with Crippen molar-refractivity contribution in [2.75, 3.05) is 20.6 Å².